The van der Waals surface area contributed by atoms with Crippen LogP contribution in [0.15, 0.2) is 5.18 Å². The van der Waals surface area contributed by atoms with Gasteiger partial charge in [0.2, 0.25) is 0 Å². The van der Waals surface area contributed by atoms with Crippen LogP contribution in [0.2, 0.25) is 0 Å². The maximum Gasteiger partial charge on any atom is 0.0914 e. The standard InChI is InChI=1S/C7H15N.C5H11NO.2C2H6/c1-7(2)6-8-4-3-5-8;1-4(2)5(3)6-7;2*1-2/h7H,3-6H2,1-2H3;4-5H,1-3H3;2*1-2H3. The number of hydrogen-bond acceptors (Lipinski definition) is 3. The summed E-state index contributed by atoms with van der Waals surface area (Å²) in [6.45, 7) is 22.3. The van der Waals surface area contributed by atoms with Gasteiger partial charge >= 0.3 is 0 Å². The Balaban J connectivity index is -0.000000215. The second-order valence-electron chi connectivity index (χ2n) is 5.14. The van der Waals surface area contributed by atoms with Crippen molar-refractivity contribution >= 4 is 0 Å². The average molecular weight is 274 g/mol. The fourth-order valence-electron chi connectivity index (χ4n) is 1.20. The van der Waals surface area contributed by atoms with Crippen LogP contribution in [0.25, 0.3) is 0 Å². The minimum absolute atomic E-state index is 0.0278. The van der Waals surface area contributed by atoms with E-state index in [1.807, 2.05) is 48.5 Å². The predicted molar refractivity (Wildman–Crippen MR) is 88.7 cm³/mol. The van der Waals surface area contributed by atoms with Gasteiger partial charge < -0.3 is 4.90 Å². The molecular weight excluding hydrogens is 236 g/mol. The van der Waals surface area contributed by atoms with E-state index in [1.54, 1.807) is 0 Å². The lowest BCUT2D eigenvalue weighted by atomic mass is 10.1. The van der Waals surface area contributed by atoms with Crippen molar-refractivity contribution < 1.29 is 0 Å². The van der Waals surface area contributed by atoms with Crippen molar-refractivity contribution in [1.29, 1.82) is 0 Å². The second-order valence-corrected chi connectivity index (χ2v) is 5.14. The molecule has 0 bridgehead atoms. The number of rotatable bonds is 4. The highest BCUT2D eigenvalue weighted by atomic mass is 16.3. The van der Waals surface area contributed by atoms with E-state index in [0.717, 1.165) is 5.92 Å². The Morgan fingerprint density at radius 1 is 0.947 bits per heavy atom. The van der Waals surface area contributed by atoms with Crippen molar-refractivity contribution in [3.8, 4) is 0 Å². The lowest BCUT2D eigenvalue weighted by molar-refractivity contribution is 0.161. The third kappa shape index (κ3) is 17.6. The van der Waals surface area contributed by atoms with Crippen molar-refractivity contribution in [3.63, 3.8) is 0 Å². The normalized spacial score (nSPS) is 14.9. The summed E-state index contributed by atoms with van der Waals surface area (Å²) in [6, 6.07) is -0.0278. The molecule has 0 aromatic rings. The molecule has 1 aliphatic rings. The summed E-state index contributed by atoms with van der Waals surface area (Å²) in [5.74, 6) is 1.24. The summed E-state index contributed by atoms with van der Waals surface area (Å²) in [5.41, 5.74) is 0. The first-order valence-electron chi connectivity index (χ1n) is 8.02. The van der Waals surface area contributed by atoms with Crippen molar-refractivity contribution in [2.24, 2.45) is 17.0 Å². The molecule has 118 valence electrons. The molecule has 1 aliphatic heterocycles. The van der Waals surface area contributed by atoms with E-state index in [0.29, 0.717) is 5.92 Å². The molecule has 0 aromatic heterocycles. The molecule has 3 nitrogen and oxygen atoms in total. The quantitative estimate of drug-likeness (QED) is 0.660. The minimum Gasteiger partial charge on any atom is -0.303 e. The van der Waals surface area contributed by atoms with Crippen molar-refractivity contribution in [2.75, 3.05) is 19.6 Å². The van der Waals surface area contributed by atoms with Gasteiger partial charge in [0.15, 0.2) is 0 Å². The number of hydrogen-bond donors (Lipinski definition) is 0. The molecule has 0 N–H and O–H groups in total. The van der Waals surface area contributed by atoms with E-state index in [-0.39, 0.29) is 6.04 Å². The van der Waals surface area contributed by atoms with E-state index in [9.17, 15) is 4.91 Å². The maximum absolute atomic E-state index is 9.70. The molecule has 1 fully saturated rings. The summed E-state index contributed by atoms with van der Waals surface area (Å²) >= 11 is 0. The lowest BCUT2D eigenvalue weighted by Gasteiger charge is -2.31. The average Bonchev–Trinajstić information content (AvgIpc) is 2.38. The van der Waals surface area contributed by atoms with Gasteiger partial charge in [-0.25, -0.2) is 0 Å². The second kappa shape index (κ2) is 17.6. The first kappa shape index (κ1) is 23.6. The van der Waals surface area contributed by atoms with Crippen molar-refractivity contribution in [1.82, 2.24) is 4.90 Å². The summed E-state index contributed by atoms with van der Waals surface area (Å²) in [7, 11) is 0. The maximum atomic E-state index is 9.70. The van der Waals surface area contributed by atoms with E-state index in [4.69, 9.17) is 0 Å². The molecule has 1 atom stereocenters. The van der Waals surface area contributed by atoms with Gasteiger partial charge in [0, 0.05) is 6.54 Å². The molecule has 1 heterocycles. The fourth-order valence-corrected chi connectivity index (χ4v) is 1.20. The van der Waals surface area contributed by atoms with E-state index in [2.05, 4.69) is 23.9 Å². The molecule has 0 spiro atoms. The van der Waals surface area contributed by atoms with Crippen LogP contribution in [0.4, 0.5) is 0 Å². The largest absolute Gasteiger partial charge is 0.303 e. The highest BCUT2D eigenvalue weighted by Crippen LogP contribution is 2.07. The molecule has 1 unspecified atom stereocenters. The van der Waals surface area contributed by atoms with Crippen LogP contribution >= 0.6 is 0 Å². The number of nitrogens with zero attached hydrogens (tertiary/aromatic N) is 2. The van der Waals surface area contributed by atoms with Crippen LogP contribution in [0, 0.1) is 16.7 Å². The Kier molecular flexibility index (Phi) is 21.8. The monoisotopic (exact) mass is 274 g/mol. The fraction of sp³-hybridized carbons (Fsp3) is 1.00. The van der Waals surface area contributed by atoms with Crippen LogP contribution in [0.5, 0.6) is 0 Å². The Hall–Kier alpha value is -0.440. The lowest BCUT2D eigenvalue weighted by Crippen LogP contribution is -2.39. The molecule has 0 aromatic carbocycles. The zero-order valence-electron chi connectivity index (χ0n) is 14.9. The van der Waals surface area contributed by atoms with Crippen LogP contribution in [-0.2, 0) is 0 Å². The number of likely N-dealkylation sites (tertiary alicyclic amines) is 1. The SMILES string of the molecule is CC.CC.CC(C)C(C)N=O.CC(C)CN1CCC1. The molecule has 0 aliphatic carbocycles. The van der Waals surface area contributed by atoms with Gasteiger partial charge in [-0.15, -0.1) is 0 Å². The van der Waals surface area contributed by atoms with Gasteiger partial charge in [-0.3, -0.25) is 0 Å². The Morgan fingerprint density at radius 2 is 1.37 bits per heavy atom. The van der Waals surface area contributed by atoms with Gasteiger partial charge in [-0.2, -0.15) is 4.91 Å². The van der Waals surface area contributed by atoms with Crippen LogP contribution < -0.4 is 0 Å². The Labute approximate surface area is 122 Å². The molecule has 0 amide bonds. The topological polar surface area (TPSA) is 32.7 Å². The zero-order chi connectivity index (χ0) is 15.8. The molecule has 3 heteroatoms. The third-order valence-corrected chi connectivity index (χ3v) is 2.70. The van der Waals surface area contributed by atoms with Crippen LogP contribution in [0.1, 0.15) is 68.7 Å². The van der Waals surface area contributed by atoms with Crippen LogP contribution in [0.3, 0.4) is 0 Å². The summed E-state index contributed by atoms with van der Waals surface area (Å²) < 4.78 is 0. The van der Waals surface area contributed by atoms with Gasteiger partial charge in [-0.1, -0.05) is 60.6 Å². The molecule has 0 radical (unpaired) electrons. The van der Waals surface area contributed by atoms with E-state index < -0.39 is 0 Å². The molecule has 19 heavy (non-hydrogen) atoms. The molecule has 0 saturated carbocycles. The van der Waals surface area contributed by atoms with Gasteiger partial charge in [0.25, 0.3) is 0 Å². The van der Waals surface area contributed by atoms with Gasteiger partial charge in [0.05, 0.1) is 6.04 Å². The Bertz CT molecular complexity index is 166. The zero-order valence-corrected chi connectivity index (χ0v) is 14.9. The highest BCUT2D eigenvalue weighted by Gasteiger charge is 2.13. The minimum atomic E-state index is -0.0278. The molecule has 1 saturated heterocycles. The van der Waals surface area contributed by atoms with Crippen LogP contribution in [-0.4, -0.2) is 30.6 Å². The van der Waals surface area contributed by atoms with E-state index in [1.165, 1.54) is 26.1 Å². The first-order chi connectivity index (χ1) is 8.97. The Morgan fingerprint density at radius 3 is 1.42 bits per heavy atom. The highest BCUT2D eigenvalue weighted by molar-refractivity contribution is 4.68. The molecule has 1 rings (SSSR count). The molecular formula is C16H38N2O. The smallest absolute Gasteiger partial charge is 0.0914 e. The first-order valence-corrected chi connectivity index (χ1v) is 8.02. The van der Waals surface area contributed by atoms with Crippen molar-refractivity contribution in [2.45, 2.75) is 74.8 Å². The summed E-state index contributed by atoms with van der Waals surface area (Å²) in [6.07, 6.45) is 1.42. The van der Waals surface area contributed by atoms with E-state index >= 15 is 0 Å². The summed E-state index contributed by atoms with van der Waals surface area (Å²) in [5, 5.41) is 2.84. The predicted octanol–water partition coefficient (Wildman–Crippen LogP) is 5.20. The van der Waals surface area contributed by atoms with Crippen molar-refractivity contribution in [3.05, 3.63) is 4.91 Å². The third-order valence-electron chi connectivity index (χ3n) is 2.70. The summed E-state index contributed by atoms with van der Waals surface area (Å²) in [4.78, 5) is 12.2. The number of nitroso groups, excluding NO2 is 1. The van der Waals surface area contributed by atoms with Gasteiger partial charge in [0.1, 0.15) is 0 Å². The van der Waals surface area contributed by atoms with Gasteiger partial charge in [-0.05, 0) is 38.3 Å².